The molecule has 1 fully saturated rings. The molecule has 0 radical (unpaired) electrons. The lowest BCUT2D eigenvalue weighted by Gasteiger charge is -2.39. The fourth-order valence-corrected chi connectivity index (χ4v) is 2.73. The molecule has 0 saturated carbocycles. The smallest absolute Gasteiger partial charge is 0.126 e. The van der Waals surface area contributed by atoms with Crippen LogP contribution in [-0.4, -0.2) is 49.8 Å². The molecule has 1 N–H and O–H groups in total. The highest BCUT2D eigenvalue weighted by molar-refractivity contribution is 5.18. The molecule has 2 unspecified atom stereocenters. The first kappa shape index (κ1) is 15.4. The van der Waals surface area contributed by atoms with Crippen molar-refractivity contribution in [1.29, 1.82) is 0 Å². The van der Waals surface area contributed by atoms with Crippen LogP contribution >= 0.6 is 0 Å². The lowest BCUT2D eigenvalue weighted by atomic mass is 9.99. The molecule has 1 aromatic rings. The molecule has 4 heteroatoms. The Morgan fingerprint density at radius 2 is 2.15 bits per heavy atom. The molecule has 1 saturated heterocycles. The minimum absolute atomic E-state index is 0.107. The monoisotopic (exact) mass is 280 g/mol. The van der Waals surface area contributed by atoms with Crippen molar-refractivity contribution in [2.24, 2.45) is 0 Å². The van der Waals surface area contributed by atoms with Gasteiger partial charge in [0.05, 0.1) is 12.7 Å². The number of benzene rings is 1. The summed E-state index contributed by atoms with van der Waals surface area (Å²) in [4.78, 5) is 2.42. The molecule has 0 bridgehead atoms. The van der Waals surface area contributed by atoms with Gasteiger partial charge in [0.15, 0.2) is 0 Å². The molecule has 0 aliphatic carbocycles. The normalized spacial score (nSPS) is 22.1. The predicted octanol–water partition coefficient (Wildman–Crippen LogP) is 2.07. The van der Waals surface area contributed by atoms with Crippen LogP contribution in [0.25, 0.3) is 0 Å². The third-order valence-electron chi connectivity index (χ3n) is 4.07. The molecular weight excluding hydrogens is 255 g/mol. The van der Waals surface area contributed by atoms with Gasteiger partial charge in [-0.3, -0.25) is 4.90 Å². The van der Waals surface area contributed by atoms with E-state index in [1.165, 1.54) is 6.07 Å². The number of nitrogens with zero attached hydrogens (tertiary/aromatic N) is 1. The number of likely N-dealkylation sites (N-methyl/N-ethyl adjacent to an activating group) is 1. The molecule has 0 aromatic heterocycles. The molecular formula is C16H25FN2O. The zero-order valence-electron chi connectivity index (χ0n) is 12.6. The van der Waals surface area contributed by atoms with Crippen LogP contribution in [0.5, 0.6) is 0 Å². The third kappa shape index (κ3) is 3.78. The predicted molar refractivity (Wildman–Crippen MR) is 79.4 cm³/mol. The van der Waals surface area contributed by atoms with Gasteiger partial charge in [-0.1, -0.05) is 18.2 Å². The number of morpholine rings is 1. The molecule has 1 aliphatic heterocycles. The SMILES string of the molecule is CNC(Cc1ccccc1F)C1CN(C(C)C)CCO1. The molecule has 1 aromatic carbocycles. The zero-order chi connectivity index (χ0) is 14.5. The maximum absolute atomic E-state index is 13.8. The summed E-state index contributed by atoms with van der Waals surface area (Å²) in [6.45, 7) is 7.03. The van der Waals surface area contributed by atoms with E-state index in [4.69, 9.17) is 4.74 Å². The Kier molecular flexibility index (Phi) is 5.52. The first-order valence-electron chi connectivity index (χ1n) is 7.38. The summed E-state index contributed by atoms with van der Waals surface area (Å²) in [5.41, 5.74) is 0.747. The minimum Gasteiger partial charge on any atom is -0.374 e. The average molecular weight is 280 g/mol. The average Bonchev–Trinajstić information content (AvgIpc) is 2.46. The minimum atomic E-state index is -0.135. The van der Waals surface area contributed by atoms with Crippen LogP contribution in [0, 0.1) is 5.82 Å². The molecule has 2 atom stereocenters. The van der Waals surface area contributed by atoms with Crippen molar-refractivity contribution < 1.29 is 9.13 Å². The van der Waals surface area contributed by atoms with E-state index >= 15 is 0 Å². The number of nitrogens with one attached hydrogen (secondary N) is 1. The van der Waals surface area contributed by atoms with E-state index in [-0.39, 0.29) is 18.0 Å². The summed E-state index contributed by atoms with van der Waals surface area (Å²) < 4.78 is 19.7. The van der Waals surface area contributed by atoms with E-state index in [1.807, 2.05) is 19.2 Å². The summed E-state index contributed by atoms with van der Waals surface area (Å²) in [7, 11) is 1.92. The second-order valence-corrected chi connectivity index (χ2v) is 5.69. The number of ether oxygens (including phenoxy) is 1. The van der Waals surface area contributed by atoms with Gasteiger partial charge in [-0.05, 0) is 38.9 Å². The van der Waals surface area contributed by atoms with E-state index in [9.17, 15) is 4.39 Å². The van der Waals surface area contributed by atoms with Crippen molar-refractivity contribution >= 4 is 0 Å². The largest absolute Gasteiger partial charge is 0.374 e. The number of hydrogen-bond donors (Lipinski definition) is 1. The fourth-order valence-electron chi connectivity index (χ4n) is 2.73. The zero-order valence-corrected chi connectivity index (χ0v) is 12.6. The third-order valence-corrected chi connectivity index (χ3v) is 4.07. The molecule has 1 aliphatic rings. The Morgan fingerprint density at radius 1 is 1.40 bits per heavy atom. The van der Waals surface area contributed by atoms with Gasteiger partial charge in [-0.15, -0.1) is 0 Å². The van der Waals surface area contributed by atoms with Crippen LogP contribution < -0.4 is 5.32 Å². The van der Waals surface area contributed by atoms with Crippen LogP contribution in [0.4, 0.5) is 4.39 Å². The van der Waals surface area contributed by atoms with Crippen LogP contribution in [0.2, 0.25) is 0 Å². The van der Waals surface area contributed by atoms with Crippen LogP contribution in [0.15, 0.2) is 24.3 Å². The number of halogens is 1. The summed E-state index contributed by atoms with van der Waals surface area (Å²) in [6, 6.07) is 7.63. The van der Waals surface area contributed by atoms with Crippen LogP contribution in [-0.2, 0) is 11.2 Å². The maximum atomic E-state index is 13.8. The molecule has 2 rings (SSSR count). The Labute approximate surface area is 121 Å². The Bertz CT molecular complexity index is 425. The number of hydrogen-bond acceptors (Lipinski definition) is 3. The Hall–Kier alpha value is -0.970. The molecule has 20 heavy (non-hydrogen) atoms. The van der Waals surface area contributed by atoms with Gasteiger partial charge in [-0.2, -0.15) is 0 Å². The van der Waals surface area contributed by atoms with Gasteiger partial charge in [0.25, 0.3) is 0 Å². The highest BCUT2D eigenvalue weighted by atomic mass is 19.1. The highest BCUT2D eigenvalue weighted by Gasteiger charge is 2.28. The van der Waals surface area contributed by atoms with E-state index in [1.54, 1.807) is 6.07 Å². The highest BCUT2D eigenvalue weighted by Crippen LogP contribution is 2.16. The quantitative estimate of drug-likeness (QED) is 0.893. The van der Waals surface area contributed by atoms with E-state index in [0.29, 0.717) is 12.5 Å². The van der Waals surface area contributed by atoms with Crippen LogP contribution in [0.1, 0.15) is 19.4 Å². The summed E-state index contributed by atoms with van der Waals surface area (Å²) >= 11 is 0. The van der Waals surface area contributed by atoms with Crippen molar-refractivity contribution in [3.05, 3.63) is 35.6 Å². The standard InChI is InChI=1S/C16H25FN2O/c1-12(2)19-8-9-20-16(11-19)15(18-3)10-13-6-4-5-7-14(13)17/h4-7,12,15-16,18H,8-11H2,1-3H3. The lowest BCUT2D eigenvalue weighted by Crippen LogP contribution is -2.53. The van der Waals surface area contributed by atoms with E-state index in [2.05, 4.69) is 24.1 Å². The number of rotatable bonds is 5. The van der Waals surface area contributed by atoms with Gasteiger partial charge in [0, 0.05) is 25.2 Å². The van der Waals surface area contributed by atoms with Crippen molar-refractivity contribution in [3.63, 3.8) is 0 Å². The molecule has 0 amide bonds. The second-order valence-electron chi connectivity index (χ2n) is 5.69. The van der Waals surface area contributed by atoms with E-state index in [0.717, 1.165) is 25.3 Å². The van der Waals surface area contributed by atoms with Crippen LogP contribution in [0.3, 0.4) is 0 Å². The molecule has 0 spiro atoms. The van der Waals surface area contributed by atoms with Crippen molar-refractivity contribution in [1.82, 2.24) is 10.2 Å². The van der Waals surface area contributed by atoms with Crippen molar-refractivity contribution in [2.75, 3.05) is 26.7 Å². The van der Waals surface area contributed by atoms with Gasteiger partial charge in [0.1, 0.15) is 5.82 Å². The van der Waals surface area contributed by atoms with E-state index < -0.39 is 0 Å². The molecule has 3 nitrogen and oxygen atoms in total. The second kappa shape index (κ2) is 7.16. The van der Waals surface area contributed by atoms with Gasteiger partial charge in [-0.25, -0.2) is 4.39 Å². The molecule has 112 valence electrons. The Morgan fingerprint density at radius 3 is 2.80 bits per heavy atom. The maximum Gasteiger partial charge on any atom is 0.126 e. The van der Waals surface area contributed by atoms with Crippen molar-refractivity contribution in [2.45, 2.75) is 38.5 Å². The summed E-state index contributed by atoms with van der Waals surface area (Å²) in [5.74, 6) is -0.135. The molecule has 1 heterocycles. The summed E-state index contributed by atoms with van der Waals surface area (Å²) in [6.07, 6.45) is 0.760. The fraction of sp³-hybridized carbons (Fsp3) is 0.625. The Balaban J connectivity index is 2.03. The summed E-state index contributed by atoms with van der Waals surface area (Å²) in [5, 5.41) is 3.29. The van der Waals surface area contributed by atoms with Gasteiger partial charge < -0.3 is 10.1 Å². The lowest BCUT2D eigenvalue weighted by molar-refractivity contribution is -0.0542. The first-order valence-corrected chi connectivity index (χ1v) is 7.38. The first-order chi connectivity index (χ1) is 9.61. The topological polar surface area (TPSA) is 24.5 Å². The van der Waals surface area contributed by atoms with Crippen molar-refractivity contribution in [3.8, 4) is 0 Å². The van der Waals surface area contributed by atoms with Gasteiger partial charge >= 0.3 is 0 Å². The van der Waals surface area contributed by atoms with Gasteiger partial charge in [0.2, 0.25) is 0 Å².